The van der Waals surface area contributed by atoms with Gasteiger partial charge in [0, 0.05) is 27.1 Å². The second-order valence-electron chi connectivity index (χ2n) is 9.13. The van der Waals surface area contributed by atoms with Gasteiger partial charge in [0.1, 0.15) is 17.8 Å². The van der Waals surface area contributed by atoms with Crippen LogP contribution < -0.4 is 0 Å². The van der Waals surface area contributed by atoms with Crippen LogP contribution in [0.1, 0.15) is 5.56 Å². The van der Waals surface area contributed by atoms with E-state index < -0.39 is 0 Å². The molecule has 2 aromatic heterocycles. The van der Waals surface area contributed by atoms with Gasteiger partial charge in [-0.1, -0.05) is 78.9 Å². The summed E-state index contributed by atoms with van der Waals surface area (Å²) in [6.07, 6.45) is 0. The summed E-state index contributed by atoms with van der Waals surface area (Å²) in [7, 11) is 0. The second kappa shape index (κ2) is 8.61. The molecule has 0 radical (unpaired) electrons. The summed E-state index contributed by atoms with van der Waals surface area (Å²) in [5.41, 5.74) is 7.40. The van der Waals surface area contributed by atoms with Crippen molar-refractivity contribution in [2.24, 2.45) is 9.98 Å². The van der Waals surface area contributed by atoms with E-state index in [9.17, 15) is 0 Å². The lowest BCUT2D eigenvalue weighted by Gasteiger charge is -2.07. The molecule has 37 heavy (non-hydrogen) atoms. The molecular formula is C33H23N3O. The first kappa shape index (κ1) is 21.3. The summed E-state index contributed by atoms with van der Waals surface area (Å²) in [4.78, 5) is 9.03. The van der Waals surface area contributed by atoms with Gasteiger partial charge in [-0.05, 0) is 54.2 Å². The van der Waals surface area contributed by atoms with Gasteiger partial charge in [-0.2, -0.15) is 0 Å². The van der Waals surface area contributed by atoms with E-state index in [1.165, 1.54) is 16.3 Å². The first-order valence-corrected chi connectivity index (χ1v) is 12.3. The van der Waals surface area contributed by atoms with Crippen LogP contribution in [0.5, 0.6) is 0 Å². The summed E-state index contributed by atoms with van der Waals surface area (Å²) in [6.45, 7) is 4.20. The van der Waals surface area contributed by atoms with Crippen LogP contribution in [0, 0.1) is 0 Å². The Bertz CT molecular complexity index is 1980. The molecule has 4 nitrogen and oxygen atoms in total. The third kappa shape index (κ3) is 3.54. The van der Waals surface area contributed by atoms with Crippen molar-refractivity contribution >= 4 is 56.3 Å². The SMILES string of the molecule is C=NC(=NCn1c2ccccc2c2cc(-c3ccc4oc5ccccc5c4c3)ccc21)c1ccccc1. The molecular weight excluding hydrogens is 454 g/mol. The van der Waals surface area contributed by atoms with Crippen LogP contribution in [0.4, 0.5) is 0 Å². The van der Waals surface area contributed by atoms with Crippen molar-refractivity contribution in [2.45, 2.75) is 6.67 Å². The number of hydrogen-bond donors (Lipinski definition) is 0. The summed E-state index contributed by atoms with van der Waals surface area (Å²) < 4.78 is 8.28. The fourth-order valence-electron chi connectivity index (χ4n) is 5.25. The third-order valence-electron chi connectivity index (χ3n) is 7.03. The van der Waals surface area contributed by atoms with Crippen LogP contribution in [0.2, 0.25) is 0 Å². The molecule has 4 heteroatoms. The Kier molecular flexibility index (Phi) is 4.96. The predicted molar refractivity (Wildman–Crippen MR) is 155 cm³/mol. The maximum atomic E-state index is 6.03. The van der Waals surface area contributed by atoms with E-state index >= 15 is 0 Å². The largest absolute Gasteiger partial charge is 0.456 e. The van der Waals surface area contributed by atoms with Gasteiger partial charge >= 0.3 is 0 Å². The normalized spacial score (nSPS) is 12.2. The first-order valence-electron chi connectivity index (χ1n) is 12.3. The van der Waals surface area contributed by atoms with Gasteiger partial charge in [-0.15, -0.1) is 0 Å². The Morgan fingerprint density at radius 1 is 0.622 bits per heavy atom. The number of benzene rings is 5. The average Bonchev–Trinajstić information content (AvgIpc) is 3.49. The van der Waals surface area contributed by atoms with Gasteiger partial charge < -0.3 is 8.98 Å². The number of para-hydroxylation sites is 2. The van der Waals surface area contributed by atoms with Gasteiger partial charge in [-0.25, -0.2) is 9.98 Å². The second-order valence-corrected chi connectivity index (χ2v) is 9.13. The lowest BCUT2D eigenvalue weighted by molar-refractivity contribution is 0.669. The van der Waals surface area contributed by atoms with Crippen molar-refractivity contribution in [1.82, 2.24) is 4.57 Å². The zero-order valence-electron chi connectivity index (χ0n) is 20.1. The van der Waals surface area contributed by atoms with E-state index in [1.54, 1.807) is 0 Å². The minimum atomic E-state index is 0.458. The number of amidine groups is 1. The van der Waals surface area contributed by atoms with E-state index in [2.05, 4.69) is 89.1 Å². The molecule has 0 amide bonds. The van der Waals surface area contributed by atoms with Crippen LogP contribution in [0.25, 0.3) is 54.9 Å². The molecule has 0 saturated carbocycles. The van der Waals surface area contributed by atoms with Crippen molar-refractivity contribution in [1.29, 1.82) is 0 Å². The van der Waals surface area contributed by atoms with Gasteiger partial charge in [0.25, 0.3) is 0 Å². The zero-order chi connectivity index (χ0) is 24.8. The summed E-state index contributed by atoms with van der Waals surface area (Å²) in [5.74, 6) is 0.642. The lowest BCUT2D eigenvalue weighted by Crippen LogP contribution is -2.01. The molecule has 176 valence electrons. The fourth-order valence-corrected chi connectivity index (χ4v) is 5.25. The first-order chi connectivity index (χ1) is 18.3. The molecule has 0 fully saturated rings. The van der Waals surface area contributed by atoms with Crippen LogP contribution in [0.15, 0.2) is 130 Å². The molecule has 2 heterocycles. The Morgan fingerprint density at radius 2 is 1.27 bits per heavy atom. The summed E-state index contributed by atoms with van der Waals surface area (Å²) in [6, 6.07) is 39.8. The number of nitrogens with zero attached hydrogens (tertiary/aromatic N) is 3. The number of fused-ring (bicyclic) bond motifs is 6. The number of hydrogen-bond acceptors (Lipinski definition) is 2. The monoisotopic (exact) mass is 477 g/mol. The number of aliphatic imine (C=N–C) groups is 2. The molecule has 0 saturated heterocycles. The average molecular weight is 478 g/mol. The molecule has 0 atom stereocenters. The molecule has 0 bridgehead atoms. The van der Waals surface area contributed by atoms with Crippen LogP contribution >= 0.6 is 0 Å². The van der Waals surface area contributed by atoms with Gasteiger partial charge in [0.2, 0.25) is 0 Å². The lowest BCUT2D eigenvalue weighted by atomic mass is 10.0. The molecule has 0 N–H and O–H groups in total. The minimum Gasteiger partial charge on any atom is -0.456 e. The predicted octanol–water partition coefficient (Wildman–Crippen LogP) is 8.47. The summed E-state index contributed by atoms with van der Waals surface area (Å²) >= 11 is 0. The molecule has 7 aromatic rings. The van der Waals surface area contributed by atoms with Crippen LogP contribution in [-0.2, 0) is 6.67 Å². The van der Waals surface area contributed by atoms with Crippen LogP contribution in [-0.4, -0.2) is 17.1 Å². The summed E-state index contributed by atoms with van der Waals surface area (Å²) in [5, 5.41) is 4.68. The highest BCUT2D eigenvalue weighted by molar-refractivity contribution is 6.10. The highest BCUT2D eigenvalue weighted by atomic mass is 16.3. The maximum Gasteiger partial charge on any atom is 0.155 e. The van der Waals surface area contributed by atoms with Gasteiger partial charge in [0.15, 0.2) is 5.84 Å². The van der Waals surface area contributed by atoms with Crippen molar-refractivity contribution in [3.63, 3.8) is 0 Å². The highest BCUT2D eigenvalue weighted by Crippen LogP contribution is 2.36. The van der Waals surface area contributed by atoms with Crippen molar-refractivity contribution < 1.29 is 4.42 Å². The quantitative estimate of drug-likeness (QED) is 0.185. The molecule has 0 spiro atoms. The minimum absolute atomic E-state index is 0.458. The van der Waals surface area contributed by atoms with Crippen LogP contribution in [0.3, 0.4) is 0 Å². The smallest absolute Gasteiger partial charge is 0.155 e. The zero-order valence-corrected chi connectivity index (χ0v) is 20.1. The Balaban J connectivity index is 1.36. The Hall–Kier alpha value is -4.96. The van der Waals surface area contributed by atoms with Crippen molar-refractivity contribution in [2.75, 3.05) is 0 Å². The standard InChI is InChI=1S/C33H23N3O/c1-34-33(22-9-3-2-4-10-22)35-21-36-29-13-7-5-11-25(29)27-19-23(15-17-30(27)36)24-16-18-32-28(20-24)26-12-6-8-14-31(26)37-32/h2-20H,1,21H2. The molecule has 0 aliphatic rings. The van der Waals surface area contributed by atoms with Crippen molar-refractivity contribution in [3.8, 4) is 11.1 Å². The van der Waals surface area contributed by atoms with E-state index in [1.807, 2.05) is 42.5 Å². The van der Waals surface area contributed by atoms with Crippen molar-refractivity contribution in [3.05, 3.63) is 121 Å². The molecule has 7 rings (SSSR count). The highest BCUT2D eigenvalue weighted by Gasteiger charge is 2.13. The maximum absolute atomic E-state index is 6.03. The van der Waals surface area contributed by atoms with E-state index in [-0.39, 0.29) is 0 Å². The van der Waals surface area contributed by atoms with E-state index in [0.717, 1.165) is 44.1 Å². The topological polar surface area (TPSA) is 42.8 Å². The van der Waals surface area contributed by atoms with E-state index in [4.69, 9.17) is 9.41 Å². The van der Waals surface area contributed by atoms with Gasteiger partial charge in [0.05, 0.1) is 11.0 Å². The molecule has 0 aliphatic heterocycles. The molecule has 0 aliphatic carbocycles. The van der Waals surface area contributed by atoms with E-state index in [0.29, 0.717) is 12.5 Å². The molecule has 5 aromatic carbocycles. The number of aromatic nitrogens is 1. The Labute approximate surface area is 213 Å². The fraction of sp³-hybridized carbons (Fsp3) is 0.0303. The van der Waals surface area contributed by atoms with Gasteiger partial charge in [-0.3, -0.25) is 0 Å². The molecule has 0 unspecified atom stereocenters. The number of rotatable bonds is 4. The third-order valence-corrected chi connectivity index (χ3v) is 7.03. The Morgan fingerprint density at radius 3 is 2.11 bits per heavy atom. The number of furan rings is 1.